The summed E-state index contributed by atoms with van der Waals surface area (Å²) in [5.41, 5.74) is 1.30. The van der Waals surface area contributed by atoms with Crippen molar-refractivity contribution in [2.24, 2.45) is 0 Å². The van der Waals surface area contributed by atoms with Gasteiger partial charge in [-0.05, 0) is 42.7 Å². The first kappa shape index (κ1) is 11.2. The second-order valence-electron chi connectivity index (χ2n) is 3.79. The molecule has 0 amide bonds. The van der Waals surface area contributed by atoms with Crippen LogP contribution in [0.1, 0.15) is 24.3 Å². The van der Waals surface area contributed by atoms with Crippen LogP contribution in [0.3, 0.4) is 0 Å². The molecular weight excluding hydrogens is 230 g/mol. The van der Waals surface area contributed by atoms with Crippen LogP contribution in [0.4, 0.5) is 0 Å². The van der Waals surface area contributed by atoms with Gasteiger partial charge in [-0.1, -0.05) is 11.6 Å². The van der Waals surface area contributed by atoms with Crippen LogP contribution in [0, 0.1) is 0 Å². The molecule has 2 nitrogen and oxygen atoms in total. The quantitative estimate of drug-likeness (QED) is 0.601. The van der Waals surface area contributed by atoms with Crippen molar-refractivity contribution >= 4 is 23.4 Å². The lowest BCUT2D eigenvalue weighted by molar-refractivity contribution is 0.0257. The zero-order valence-electron chi connectivity index (χ0n) is 8.87. The molecule has 0 aliphatic heterocycles. The van der Waals surface area contributed by atoms with E-state index in [-0.39, 0.29) is 0 Å². The van der Waals surface area contributed by atoms with Crippen molar-refractivity contribution in [3.8, 4) is 0 Å². The first-order chi connectivity index (χ1) is 7.22. The van der Waals surface area contributed by atoms with Gasteiger partial charge in [-0.2, -0.15) is 0 Å². The second kappa shape index (κ2) is 4.73. The molecule has 1 aromatic heterocycles. The van der Waals surface area contributed by atoms with Crippen LogP contribution in [0.2, 0.25) is 5.15 Å². The maximum absolute atomic E-state index is 5.97. The molecule has 82 valence electrons. The molecule has 4 heteroatoms. The molecule has 0 saturated heterocycles. The number of aromatic nitrogens is 1. The molecule has 1 saturated carbocycles. The Morgan fingerprint density at radius 3 is 2.80 bits per heavy atom. The van der Waals surface area contributed by atoms with E-state index in [1.165, 1.54) is 5.56 Å². The van der Waals surface area contributed by atoms with Crippen LogP contribution in [0.5, 0.6) is 0 Å². The van der Waals surface area contributed by atoms with E-state index in [0.717, 1.165) is 17.9 Å². The Labute approximate surface area is 99.4 Å². The summed E-state index contributed by atoms with van der Waals surface area (Å²) in [6.07, 6.45) is 4.65. The van der Waals surface area contributed by atoms with E-state index in [9.17, 15) is 0 Å². The van der Waals surface area contributed by atoms with Gasteiger partial charge in [0.15, 0.2) is 0 Å². The Kier molecular flexibility index (Phi) is 3.54. The van der Waals surface area contributed by atoms with Gasteiger partial charge in [-0.15, -0.1) is 11.8 Å². The molecule has 0 unspecified atom stereocenters. The van der Waals surface area contributed by atoms with Gasteiger partial charge >= 0.3 is 0 Å². The minimum atomic E-state index is 0.430. The number of methoxy groups -OCH3 is 1. The van der Waals surface area contributed by atoms with Gasteiger partial charge in [-0.3, -0.25) is 0 Å². The summed E-state index contributed by atoms with van der Waals surface area (Å²) in [7, 11) is 1.77. The van der Waals surface area contributed by atoms with E-state index in [1.54, 1.807) is 18.9 Å². The number of pyridine rings is 1. The van der Waals surface area contributed by atoms with E-state index < -0.39 is 0 Å². The first-order valence-corrected chi connectivity index (χ1v) is 6.57. The number of nitrogens with zero attached hydrogens (tertiary/aromatic N) is 1. The predicted octanol–water partition coefficient (Wildman–Crippen LogP) is 3.35. The molecule has 0 N–H and O–H groups in total. The van der Waals surface area contributed by atoms with E-state index in [0.29, 0.717) is 17.2 Å². The largest absolute Gasteiger partial charge is 0.381 e. The fraction of sp³-hybridized carbons (Fsp3) is 0.545. The standard InChI is InChI=1S/C11H14ClNOS/c1-14-9-3-7(4-9)8-5-10(12)13-11(6-8)15-2/h5-7,9H,3-4H2,1-2H3/t7-,9+. The lowest BCUT2D eigenvalue weighted by Crippen LogP contribution is -2.28. The topological polar surface area (TPSA) is 22.1 Å². The van der Waals surface area contributed by atoms with E-state index in [1.807, 2.05) is 12.3 Å². The molecule has 15 heavy (non-hydrogen) atoms. The average molecular weight is 244 g/mol. The fourth-order valence-electron chi connectivity index (χ4n) is 1.86. The predicted molar refractivity (Wildman–Crippen MR) is 63.8 cm³/mol. The van der Waals surface area contributed by atoms with E-state index in [4.69, 9.17) is 16.3 Å². The monoisotopic (exact) mass is 243 g/mol. The summed E-state index contributed by atoms with van der Waals surface area (Å²) in [6.45, 7) is 0. The number of rotatable bonds is 3. The fourth-order valence-corrected chi connectivity index (χ4v) is 2.57. The van der Waals surface area contributed by atoms with Gasteiger partial charge in [0.05, 0.1) is 11.1 Å². The Bertz CT molecular complexity index is 352. The molecule has 1 aromatic rings. The van der Waals surface area contributed by atoms with Crippen molar-refractivity contribution in [3.05, 3.63) is 22.8 Å². The van der Waals surface area contributed by atoms with Gasteiger partial charge in [0, 0.05) is 7.11 Å². The first-order valence-electron chi connectivity index (χ1n) is 4.97. The average Bonchev–Trinajstić information content (AvgIpc) is 2.15. The van der Waals surface area contributed by atoms with Crippen LogP contribution in [0.25, 0.3) is 0 Å². The van der Waals surface area contributed by atoms with Crippen LogP contribution in [-0.4, -0.2) is 24.5 Å². The summed E-state index contributed by atoms with van der Waals surface area (Å²) in [5.74, 6) is 0.598. The maximum atomic E-state index is 5.97. The van der Waals surface area contributed by atoms with Gasteiger partial charge < -0.3 is 4.74 Å². The molecule has 2 rings (SSSR count). The Morgan fingerprint density at radius 2 is 2.20 bits per heavy atom. The molecule has 0 bridgehead atoms. The Balaban J connectivity index is 2.12. The number of ether oxygens (including phenoxy) is 1. The van der Waals surface area contributed by atoms with Crippen LogP contribution >= 0.6 is 23.4 Å². The number of hydrogen-bond donors (Lipinski definition) is 0. The summed E-state index contributed by atoms with van der Waals surface area (Å²) < 4.78 is 5.27. The normalized spacial score (nSPS) is 25.0. The minimum Gasteiger partial charge on any atom is -0.381 e. The third kappa shape index (κ3) is 2.47. The molecule has 1 fully saturated rings. The zero-order valence-corrected chi connectivity index (χ0v) is 10.4. The Hall–Kier alpha value is -0.250. The van der Waals surface area contributed by atoms with Crippen molar-refractivity contribution in [1.82, 2.24) is 4.98 Å². The van der Waals surface area contributed by atoms with Crippen molar-refractivity contribution in [2.45, 2.75) is 29.9 Å². The van der Waals surface area contributed by atoms with Crippen LogP contribution in [-0.2, 0) is 4.74 Å². The van der Waals surface area contributed by atoms with Crippen molar-refractivity contribution in [3.63, 3.8) is 0 Å². The smallest absolute Gasteiger partial charge is 0.130 e. The van der Waals surface area contributed by atoms with Crippen molar-refractivity contribution < 1.29 is 4.74 Å². The molecule has 1 aliphatic carbocycles. The lowest BCUT2D eigenvalue weighted by atomic mass is 9.78. The zero-order chi connectivity index (χ0) is 10.8. The molecule has 0 atom stereocenters. The van der Waals surface area contributed by atoms with Crippen molar-refractivity contribution in [2.75, 3.05) is 13.4 Å². The number of hydrogen-bond acceptors (Lipinski definition) is 3. The van der Waals surface area contributed by atoms with Gasteiger partial charge in [0.25, 0.3) is 0 Å². The molecular formula is C11H14ClNOS. The van der Waals surface area contributed by atoms with E-state index >= 15 is 0 Å². The lowest BCUT2D eigenvalue weighted by Gasteiger charge is -2.34. The Morgan fingerprint density at radius 1 is 1.47 bits per heavy atom. The molecule has 1 aliphatic rings. The molecule has 0 spiro atoms. The SMILES string of the molecule is CO[C@H]1C[C@@H](c2cc(Cl)nc(SC)c2)C1. The highest BCUT2D eigenvalue weighted by atomic mass is 35.5. The highest BCUT2D eigenvalue weighted by molar-refractivity contribution is 7.98. The summed E-state index contributed by atoms with van der Waals surface area (Å²) >= 11 is 7.60. The van der Waals surface area contributed by atoms with Gasteiger partial charge in [-0.25, -0.2) is 4.98 Å². The highest BCUT2D eigenvalue weighted by Gasteiger charge is 2.30. The minimum absolute atomic E-state index is 0.430. The van der Waals surface area contributed by atoms with Crippen molar-refractivity contribution in [1.29, 1.82) is 0 Å². The van der Waals surface area contributed by atoms with E-state index in [2.05, 4.69) is 11.1 Å². The highest BCUT2D eigenvalue weighted by Crippen LogP contribution is 2.39. The summed E-state index contributed by atoms with van der Waals surface area (Å²) in [6, 6.07) is 4.10. The molecule has 1 heterocycles. The second-order valence-corrected chi connectivity index (χ2v) is 5.01. The number of halogens is 1. The summed E-state index contributed by atoms with van der Waals surface area (Å²) in [4.78, 5) is 4.23. The van der Waals surface area contributed by atoms with Gasteiger partial charge in [0.2, 0.25) is 0 Å². The molecule has 0 aromatic carbocycles. The molecule has 0 radical (unpaired) electrons. The third-order valence-corrected chi connectivity index (χ3v) is 3.72. The summed E-state index contributed by atoms with van der Waals surface area (Å²) in [5, 5.41) is 1.59. The van der Waals surface area contributed by atoms with Crippen LogP contribution in [0.15, 0.2) is 17.2 Å². The van der Waals surface area contributed by atoms with Gasteiger partial charge in [0.1, 0.15) is 5.15 Å². The third-order valence-electron chi connectivity index (χ3n) is 2.90. The maximum Gasteiger partial charge on any atom is 0.130 e. The van der Waals surface area contributed by atoms with Crippen LogP contribution < -0.4 is 0 Å². The number of thioether (sulfide) groups is 1.